The van der Waals surface area contributed by atoms with E-state index in [-0.39, 0.29) is 23.9 Å². The highest BCUT2D eigenvalue weighted by Crippen LogP contribution is 2.32. The summed E-state index contributed by atoms with van der Waals surface area (Å²) in [6.45, 7) is 4.22. The molecule has 3 atom stereocenters. The van der Waals surface area contributed by atoms with Crippen molar-refractivity contribution in [3.8, 4) is 11.5 Å². The van der Waals surface area contributed by atoms with Gasteiger partial charge in [-0.3, -0.25) is 9.79 Å². The highest BCUT2D eigenvalue weighted by molar-refractivity contribution is 5.77. The number of aryl methyl sites for hydroxylation is 1. The number of rotatable bonds is 14. The molecule has 1 aromatic rings. The molecule has 1 aromatic carbocycles. The SMILES string of the molecule is CCC(CCC(O)CC(CCc1ccc(O)c(OC2CCCC2)c1)OC(C)=O)CNC(N)=NC. The first-order valence-electron chi connectivity index (χ1n) is 12.6. The van der Waals surface area contributed by atoms with Crippen LogP contribution in [0.5, 0.6) is 11.5 Å². The molecule has 0 spiro atoms. The molecule has 3 unspecified atom stereocenters. The summed E-state index contributed by atoms with van der Waals surface area (Å²) in [7, 11) is 1.64. The van der Waals surface area contributed by atoms with Gasteiger partial charge >= 0.3 is 5.97 Å². The van der Waals surface area contributed by atoms with Crippen molar-refractivity contribution in [1.82, 2.24) is 5.32 Å². The number of nitrogens with two attached hydrogens (primary N) is 1. The van der Waals surface area contributed by atoms with Crippen molar-refractivity contribution in [2.45, 2.75) is 96.4 Å². The summed E-state index contributed by atoms with van der Waals surface area (Å²) in [6, 6.07) is 5.39. The number of guanidine groups is 1. The van der Waals surface area contributed by atoms with Crippen LogP contribution in [0.25, 0.3) is 0 Å². The molecule has 5 N–H and O–H groups in total. The molecular weight excluding hydrogens is 434 g/mol. The number of ether oxygens (including phenoxy) is 2. The van der Waals surface area contributed by atoms with Gasteiger partial charge in [0.05, 0.1) is 12.2 Å². The average molecular weight is 478 g/mol. The molecule has 8 heteroatoms. The molecule has 0 aromatic heterocycles. The van der Waals surface area contributed by atoms with Gasteiger partial charge in [0.2, 0.25) is 0 Å². The van der Waals surface area contributed by atoms with E-state index in [1.54, 1.807) is 13.1 Å². The molecule has 1 fully saturated rings. The van der Waals surface area contributed by atoms with E-state index in [9.17, 15) is 15.0 Å². The number of aliphatic hydroxyl groups excluding tert-OH is 1. The fourth-order valence-electron chi connectivity index (χ4n) is 4.41. The second-order valence-electron chi connectivity index (χ2n) is 9.33. The van der Waals surface area contributed by atoms with Crippen LogP contribution < -0.4 is 15.8 Å². The molecule has 0 heterocycles. The quantitative estimate of drug-likeness (QED) is 0.183. The van der Waals surface area contributed by atoms with Crippen LogP contribution in [-0.2, 0) is 16.0 Å². The lowest BCUT2D eigenvalue weighted by molar-refractivity contribution is -0.148. The maximum absolute atomic E-state index is 11.6. The number of carbonyl (C=O) groups is 1. The fraction of sp³-hybridized carbons (Fsp3) is 0.692. The first-order valence-corrected chi connectivity index (χ1v) is 12.6. The van der Waals surface area contributed by atoms with E-state index < -0.39 is 6.10 Å². The van der Waals surface area contributed by atoms with Gasteiger partial charge < -0.3 is 30.7 Å². The smallest absolute Gasteiger partial charge is 0.302 e. The van der Waals surface area contributed by atoms with Gasteiger partial charge in [0.25, 0.3) is 0 Å². The summed E-state index contributed by atoms with van der Waals surface area (Å²) in [4.78, 5) is 15.5. The van der Waals surface area contributed by atoms with Crippen LogP contribution in [0.3, 0.4) is 0 Å². The number of nitrogens with zero attached hydrogens (tertiary/aromatic N) is 1. The van der Waals surface area contributed by atoms with Gasteiger partial charge in [0.15, 0.2) is 17.5 Å². The largest absolute Gasteiger partial charge is 0.504 e. The zero-order valence-electron chi connectivity index (χ0n) is 21.0. The highest BCUT2D eigenvalue weighted by Gasteiger charge is 2.21. The third-order valence-electron chi connectivity index (χ3n) is 6.54. The van der Waals surface area contributed by atoms with Crippen molar-refractivity contribution in [3.05, 3.63) is 23.8 Å². The Labute approximate surface area is 203 Å². The number of aliphatic hydroxyl groups is 1. The molecule has 0 saturated heterocycles. The van der Waals surface area contributed by atoms with Gasteiger partial charge in [-0.05, 0) is 75.0 Å². The first-order chi connectivity index (χ1) is 16.3. The Kier molecular flexibility index (Phi) is 12.0. The summed E-state index contributed by atoms with van der Waals surface area (Å²) in [5.74, 6) is 1.10. The monoisotopic (exact) mass is 477 g/mol. The van der Waals surface area contributed by atoms with Crippen LogP contribution in [0.4, 0.5) is 0 Å². The van der Waals surface area contributed by atoms with Crippen LogP contribution in [0.15, 0.2) is 23.2 Å². The maximum Gasteiger partial charge on any atom is 0.302 e. The van der Waals surface area contributed by atoms with E-state index in [1.165, 1.54) is 6.92 Å². The van der Waals surface area contributed by atoms with Gasteiger partial charge in [0.1, 0.15) is 6.10 Å². The van der Waals surface area contributed by atoms with Crippen molar-refractivity contribution in [2.24, 2.45) is 16.6 Å². The van der Waals surface area contributed by atoms with E-state index >= 15 is 0 Å². The van der Waals surface area contributed by atoms with E-state index in [1.807, 2.05) is 12.1 Å². The first kappa shape index (κ1) is 27.8. The van der Waals surface area contributed by atoms with E-state index in [2.05, 4.69) is 17.2 Å². The predicted molar refractivity (Wildman–Crippen MR) is 134 cm³/mol. The third-order valence-corrected chi connectivity index (χ3v) is 6.54. The van der Waals surface area contributed by atoms with Crippen LogP contribution in [0, 0.1) is 5.92 Å². The Morgan fingerprint density at radius 2 is 2.00 bits per heavy atom. The number of benzene rings is 1. The number of phenols is 1. The number of nitrogens with one attached hydrogen (secondary N) is 1. The summed E-state index contributed by atoms with van der Waals surface area (Å²) in [5, 5.41) is 23.9. The lowest BCUT2D eigenvalue weighted by atomic mass is 9.95. The van der Waals surface area contributed by atoms with Crippen molar-refractivity contribution < 1.29 is 24.5 Å². The minimum atomic E-state index is -0.559. The third kappa shape index (κ3) is 10.2. The molecule has 0 aliphatic heterocycles. The Bertz CT molecular complexity index is 780. The van der Waals surface area contributed by atoms with Crippen molar-refractivity contribution in [3.63, 3.8) is 0 Å². The molecule has 1 aliphatic rings. The average Bonchev–Trinajstić information content (AvgIpc) is 3.32. The maximum atomic E-state index is 11.6. The van der Waals surface area contributed by atoms with Gasteiger partial charge in [-0.1, -0.05) is 19.4 Å². The van der Waals surface area contributed by atoms with Gasteiger partial charge in [-0.2, -0.15) is 0 Å². The molecule has 0 radical (unpaired) electrons. The number of carbonyl (C=O) groups excluding carboxylic acids is 1. The number of aliphatic imine (C=N–C) groups is 1. The summed E-state index contributed by atoms with van der Waals surface area (Å²) < 4.78 is 11.5. The number of phenolic OH excluding ortho intramolecular Hbond substituents is 1. The van der Waals surface area contributed by atoms with Gasteiger partial charge in [-0.15, -0.1) is 0 Å². The number of esters is 1. The van der Waals surface area contributed by atoms with E-state index in [4.69, 9.17) is 15.2 Å². The molecule has 1 saturated carbocycles. The lowest BCUT2D eigenvalue weighted by Gasteiger charge is -2.22. The second kappa shape index (κ2) is 14.7. The van der Waals surface area contributed by atoms with Crippen LogP contribution in [0.2, 0.25) is 0 Å². The fourth-order valence-corrected chi connectivity index (χ4v) is 4.41. The molecule has 8 nitrogen and oxygen atoms in total. The minimum absolute atomic E-state index is 0.148. The van der Waals surface area contributed by atoms with Gasteiger partial charge in [0, 0.05) is 26.9 Å². The zero-order chi connectivity index (χ0) is 24.9. The minimum Gasteiger partial charge on any atom is -0.504 e. The lowest BCUT2D eigenvalue weighted by Crippen LogP contribution is -2.35. The zero-order valence-corrected chi connectivity index (χ0v) is 21.0. The second-order valence-corrected chi connectivity index (χ2v) is 9.33. The van der Waals surface area contributed by atoms with Crippen LogP contribution >= 0.6 is 0 Å². The Hall–Kier alpha value is -2.48. The number of aromatic hydroxyl groups is 1. The molecule has 0 bridgehead atoms. The Morgan fingerprint density at radius 1 is 1.26 bits per heavy atom. The molecular formula is C26H43N3O5. The predicted octanol–water partition coefficient (Wildman–Crippen LogP) is 3.67. The van der Waals surface area contributed by atoms with E-state index in [0.29, 0.717) is 49.9 Å². The topological polar surface area (TPSA) is 126 Å². The standard InChI is InChI=1S/C26H43N3O5/c1-4-19(17-29-26(27)28-3)9-12-21(31)16-23(33-18(2)30)13-10-20-11-14-24(32)25(15-20)34-22-7-5-6-8-22/h11,14-15,19,21-23,31-32H,4-10,12-13,16-17H2,1-3H3,(H3,27,28,29). The summed E-state index contributed by atoms with van der Waals surface area (Å²) in [5.41, 5.74) is 6.71. The summed E-state index contributed by atoms with van der Waals surface area (Å²) >= 11 is 0. The van der Waals surface area contributed by atoms with Crippen LogP contribution in [-0.4, -0.2) is 54.0 Å². The molecule has 0 amide bonds. The molecule has 34 heavy (non-hydrogen) atoms. The molecule has 1 aliphatic carbocycles. The number of hydrogen-bond donors (Lipinski definition) is 4. The number of hydrogen-bond acceptors (Lipinski definition) is 6. The molecule has 192 valence electrons. The van der Waals surface area contributed by atoms with Crippen LogP contribution in [0.1, 0.15) is 77.2 Å². The Morgan fingerprint density at radius 3 is 2.65 bits per heavy atom. The highest BCUT2D eigenvalue weighted by atomic mass is 16.5. The van der Waals surface area contributed by atoms with E-state index in [0.717, 1.165) is 44.1 Å². The normalized spacial score (nSPS) is 17.2. The molecule has 2 rings (SSSR count). The van der Waals surface area contributed by atoms with Crippen molar-refractivity contribution in [2.75, 3.05) is 13.6 Å². The van der Waals surface area contributed by atoms with Gasteiger partial charge in [-0.25, -0.2) is 0 Å². The van der Waals surface area contributed by atoms with Crippen molar-refractivity contribution in [1.29, 1.82) is 0 Å². The van der Waals surface area contributed by atoms with Crippen molar-refractivity contribution >= 4 is 11.9 Å². The summed E-state index contributed by atoms with van der Waals surface area (Å²) in [6.07, 6.45) is 7.67. The Balaban J connectivity index is 1.87.